The summed E-state index contributed by atoms with van der Waals surface area (Å²) in [4.78, 5) is 24.8. The maximum absolute atomic E-state index is 12.0. The highest BCUT2D eigenvalue weighted by atomic mass is 32.2. The summed E-state index contributed by atoms with van der Waals surface area (Å²) in [6, 6.07) is 8.55. The molecule has 0 aliphatic heterocycles. The smallest absolute Gasteiger partial charge is 0.328 e. The van der Waals surface area contributed by atoms with Crippen LogP contribution in [0.3, 0.4) is 0 Å². The first-order valence-corrected chi connectivity index (χ1v) is 8.67. The topological polar surface area (TPSA) is 88.4 Å². The van der Waals surface area contributed by atoms with Crippen molar-refractivity contribution in [1.29, 1.82) is 5.26 Å². The molecule has 6 nitrogen and oxygen atoms in total. The Labute approximate surface area is 146 Å². The lowest BCUT2D eigenvalue weighted by Crippen LogP contribution is -2.42. The van der Waals surface area contributed by atoms with Crippen LogP contribution in [0, 0.1) is 11.3 Å². The number of benzene rings is 1. The summed E-state index contributed by atoms with van der Waals surface area (Å²) in [5.41, 5.74) is 0.604. The van der Waals surface area contributed by atoms with Crippen LogP contribution in [-0.4, -0.2) is 44.0 Å². The molecule has 0 saturated heterocycles. The van der Waals surface area contributed by atoms with E-state index >= 15 is 0 Å². The summed E-state index contributed by atoms with van der Waals surface area (Å²) < 4.78 is 9.91. The second kappa shape index (κ2) is 11.5. The molecule has 0 radical (unpaired) electrons. The van der Waals surface area contributed by atoms with Gasteiger partial charge in [-0.25, -0.2) is 4.79 Å². The molecule has 1 amide bonds. The van der Waals surface area contributed by atoms with Crippen molar-refractivity contribution in [3.8, 4) is 6.07 Å². The molecule has 0 heterocycles. The number of methoxy groups -OCH3 is 1. The molecule has 0 aromatic heterocycles. The van der Waals surface area contributed by atoms with Crippen LogP contribution in [0.2, 0.25) is 0 Å². The SMILES string of the molecule is CCOC(=O)[C@H](CCOC)NC(=O)CCSc1ccc(C#N)cc1. The fourth-order valence-corrected chi connectivity index (χ4v) is 2.73. The highest BCUT2D eigenvalue weighted by molar-refractivity contribution is 7.99. The maximum atomic E-state index is 12.0. The maximum Gasteiger partial charge on any atom is 0.328 e. The van der Waals surface area contributed by atoms with Gasteiger partial charge in [0.15, 0.2) is 0 Å². The lowest BCUT2D eigenvalue weighted by atomic mass is 10.2. The zero-order valence-corrected chi connectivity index (χ0v) is 14.7. The Balaban J connectivity index is 2.41. The number of amides is 1. The van der Waals surface area contributed by atoms with E-state index in [1.807, 2.05) is 12.1 Å². The normalized spacial score (nSPS) is 11.4. The molecule has 1 rings (SSSR count). The van der Waals surface area contributed by atoms with E-state index in [9.17, 15) is 9.59 Å². The number of hydrogen-bond acceptors (Lipinski definition) is 6. The van der Waals surface area contributed by atoms with Gasteiger partial charge in [0.2, 0.25) is 5.91 Å². The minimum atomic E-state index is -0.683. The third-order valence-corrected chi connectivity index (χ3v) is 4.11. The summed E-state index contributed by atoms with van der Waals surface area (Å²) in [6.45, 7) is 2.36. The van der Waals surface area contributed by atoms with E-state index in [1.54, 1.807) is 19.1 Å². The van der Waals surface area contributed by atoms with Gasteiger partial charge in [0.1, 0.15) is 6.04 Å². The monoisotopic (exact) mass is 350 g/mol. The molecule has 1 aromatic carbocycles. The molecule has 0 fully saturated rings. The number of rotatable bonds is 10. The third kappa shape index (κ3) is 7.49. The summed E-state index contributed by atoms with van der Waals surface area (Å²) in [7, 11) is 1.54. The Morgan fingerprint density at radius 3 is 2.62 bits per heavy atom. The van der Waals surface area contributed by atoms with Crippen LogP contribution in [-0.2, 0) is 19.1 Å². The third-order valence-electron chi connectivity index (χ3n) is 3.10. The van der Waals surface area contributed by atoms with Gasteiger partial charge in [0, 0.05) is 37.2 Å². The largest absolute Gasteiger partial charge is 0.464 e. The van der Waals surface area contributed by atoms with Gasteiger partial charge in [0.05, 0.1) is 18.2 Å². The van der Waals surface area contributed by atoms with Crippen molar-refractivity contribution in [2.24, 2.45) is 0 Å². The molecule has 1 N–H and O–H groups in total. The number of hydrogen-bond donors (Lipinski definition) is 1. The fourth-order valence-electron chi connectivity index (χ4n) is 1.88. The van der Waals surface area contributed by atoms with Crippen LogP contribution >= 0.6 is 11.8 Å². The van der Waals surface area contributed by atoms with E-state index < -0.39 is 12.0 Å². The molecule has 24 heavy (non-hydrogen) atoms. The summed E-state index contributed by atoms with van der Waals surface area (Å²) in [5.74, 6) is -0.0645. The Kier molecular flexibility index (Phi) is 9.58. The van der Waals surface area contributed by atoms with E-state index in [-0.39, 0.29) is 18.9 Å². The first kappa shape index (κ1) is 20.0. The summed E-state index contributed by atoms with van der Waals surface area (Å²) >= 11 is 1.52. The summed E-state index contributed by atoms with van der Waals surface area (Å²) in [6.07, 6.45) is 0.664. The number of esters is 1. The number of nitrogens with zero attached hydrogens (tertiary/aromatic N) is 1. The van der Waals surface area contributed by atoms with Crippen LogP contribution in [0.1, 0.15) is 25.3 Å². The van der Waals surface area contributed by atoms with Crippen molar-refractivity contribution in [2.75, 3.05) is 26.1 Å². The second-order valence-corrected chi connectivity index (χ2v) is 6.06. The number of nitriles is 1. The second-order valence-electron chi connectivity index (χ2n) is 4.89. The zero-order chi connectivity index (χ0) is 17.8. The number of ether oxygens (including phenoxy) is 2. The Hall–Kier alpha value is -2.04. The van der Waals surface area contributed by atoms with Crippen molar-refractivity contribution in [3.05, 3.63) is 29.8 Å². The molecule has 1 aromatic rings. The number of nitrogens with one attached hydrogen (secondary N) is 1. The van der Waals surface area contributed by atoms with Crippen molar-refractivity contribution >= 4 is 23.6 Å². The predicted octanol–water partition coefficient (Wildman–Crippen LogP) is 2.12. The minimum absolute atomic E-state index is 0.203. The fraction of sp³-hybridized carbons (Fsp3) is 0.471. The highest BCUT2D eigenvalue weighted by Crippen LogP contribution is 2.19. The molecule has 0 aliphatic rings. The molecule has 7 heteroatoms. The lowest BCUT2D eigenvalue weighted by molar-refractivity contribution is -0.147. The van der Waals surface area contributed by atoms with Gasteiger partial charge < -0.3 is 14.8 Å². The summed E-state index contributed by atoms with van der Waals surface area (Å²) in [5, 5.41) is 11.4. The van der Waals surface area contributed by atoms with Crippen LogP contribution in [0.25, 0.3) is 0 Å². The first-order chi connectivity index (χ1) is 11.6. The van der Waals surface area contributed by atoms with E-state index in [4.69, 9.17) is 14.7 Å². The Morgan fingerprint density at radius 2 is 2.04 bits per heavy atom. The number of thioether (sulfide) groups is 1. The molecule has 130 valence electrons. The van der Waals surface area contributed by atoms with E-state index in [2.05, 4.69) is 11.4 Å². The molecule has 0 aliphatic carbocycles. The quantitative estimate of drug-likeness (QED) is 0.514. The predicted molar refractivity (Wildman–Crippen MR) is 91.6 cm³/mol. The Bertz CT molecular complexity index is 569. The highest BCUT2D eigenvalue weighted by Gasteiger charge is 2.21. The van der Waals surface area contributed by atoms with Crippen LogP contribution < -0.4 is 5.32 Å². The standard InChI is InChI=1S/C17H22N2O4S/c1-3-23-17(21)15(8-10-22-2)19-16(20)9-11-24-14-6-4-13(12-18)5-7-14/h4-7,15H,3,8-11H2,1-2H3,(H,19,20)/t15-/m0/s1. The van der Waals surface area contributed by atoms with Crippen molar-refractivity contribution in [2.45, 2.75) is 30.7 Å². The van der Waals surface area contributed by atoms with Gasteiger partial charge in [-0.2, -0.15) is 5.26 Å². The van der Waals surface area contributed by atoms with Crippen molar-refractivity contribution in [3.63, 3.8) is 0 Å². The van der Waals surface area contributed by atoms with Crippen molar-refractivity contribution in [1.82, 2.24) is 5.32 Å². The molecule has 1 atom stereocenters. The molecular weight excluding hydrogens is 328 g/mol. The molecule has 0 spiro atoms. The van der Waals surface area contributed by atoms with Crippen molar-refractivity contribution < 1.29 is 19.1 Å². The van der Waals surface area contributed by atoms with Crippen LogP contribution in [0.5, 0.6) is 0 Å². The molecule has 0 saturated carbocycles. The van der Waals surface area contributed by atoms with E-state index in [1.165, 1.54) is 18.9 Å². The van der Waals surface area contributed by atoms with Crippen LogP contribution in [0.4, 0.5) is 0 Å². The number of carbonyl (C=O) groups is 2. The molecule has 0 bridgehead atoms. The van der Waals surface area contributed by atoms with Gasteiger partial charge in [0.25, 0.3) is 0 Å². The average molecular weight is 350 g/mol. The van der Waals surface area contributed by atoms with Gasteiger partial charge in [-0.05, 0) is 31.2 Å². The zero-order valence-electron chi connectivity index (χ0n) is 13.9. The minimum Gasteiger partial charge on any atom is -0.464 e. The van der Waals surface area contributed by atoms with Gasteiger partial charge in [-0.1, -0.05) is 0 Å². The van der Waals surface area contributed by atoms with E-state index in [0.29, 0.717) is 24.3 Å². The van der Waals surface area contributed by atoms with Gasteiger partial charge >= 0.3 is 5.97 Å². The van der Waals surface area contributed by atoms with Gasteiger partial charge in [-0.3, -0.25) is 4.79 Å². The van der Waals surface area contributed by atoms with Crippen LogP contribution in [0.15, 0.2) is 29.2 Å². The first-order valence-electron chi connectivity index (χ1n) is 7.68. The molecule has 0 unspecified atom stereocenters. The molecular formula is C17H22N2O4S. The lowest BCUT2D eigenvalue weighted by Gasteiger charge is -2.16. The Morgan fingerprint density at radius 1 is 1.33 bits per heavy atom. The van der Waals surface area contributed by atoms with E-state index in [0.717, 1.165) is 4.90 Å². The number of carbonyl (C=O) groups excluding carboxylic acids is 2. The van der Waals surface area contributed by atoms with Gasteiger partial charge in [-0.15, -0.1) is 11.8 Å². The average Bonchev–Trinajstić information content (AvgIpc) is 2.59.